The fourth-order valence-electron chi connectivity index (χ4n) is 2.14. The molecule has 0 aliphatic carbocycles. The third-order valence-corrected chi connectivity index (χ3v) is 3.18. The summed E-state index contributed by atoms with van der Waals surface area (Å²) in [6.07, 6.45) is 0. The smallest absolute Gasteiger partial charge is 0.146 e. The molecule has 0 aliphatic heterocycles. The van der Waals surface area contributed by atoms with Gasteiger partial charge in [-0.3, -0.25) is 4.79 Å². The van der Waals surface area contributed by atoms with Gasteiger partial charge < -0.3 is 5.73 Å². The summed E-state index contributed by atoms with van der Waals surface area (Å²) in [5.74, 6) is -0.959. The molecule has 0 aromatic heterocycles. The molecule has 0 amide bonds. The van der Waals surface area contributed by atoms with E-state index in [0.29, 0.717) is 5.56 Å². The van der Waals surface area contributed by atoms with Gasteiger partial charge in [0.1, 0.15) is 11.6 Å². The molecule has 2 rings (SSSR count). The van der Waals surface area contributed by atoms with E-state index in [1.54, 1.807) is 6.07 Å². The Bertz CT molecular complexity index is 605. The van der Waals surface area contributed by atoms with E-state index < -0.39 is 11.7 Å². The molecule has 0 radical (unpaired) electrons. The van der Waals surface area contributed by atoms with Crippen LogP contribution in [-0.2, 0) is 4.79 Å². The summed E-state index contributed by atoms with van der Waals surface area (Å²) in [7, 11) is 0. The van der Waals surface area contributed by atoms with Crippen LogP contribution in [0.5, 0.6) is 0 Å². The Morgan fingerprint density at radius 2 is 1.68 bits per heavy atom. The van der Waals surface area contributed by atoms with E-state index in [1.165, 1.54) is 19.1 Å². The maximum atomic E-state index is 13.5. The third kappa shape index (κ3) is 2.81. The van der Waals surface area contributed by atoms with Crippen molar-refractivity contribution < 1.29 is 9.18 Å². The molecule has 0 bridgehead atoms. The van der Waals surface area contributed by atoms with Gasteiger partial charge in [0, 0.05) is 0 Å². The SMILES string of the molecule is CC(=O)C(c1ccc(C)cc1)c1ccc(N)c(F)c1. The minimum absolute atomic E-state index is 0.0203. The van der Waals surface area contributed by atoms with Crippen molar-refractivity contribution in [3.8, 4) is 0 Å². The fourth-order valence-corrected chi connectivity index (χ4v) is 2.14. The van der Waals surface area contributed by atoms with Gasteiger partial charge in [-0.1, -0.05) is 35.9 Å². The molecule has 1 atom stereocenters. The van der Waals surface area contributed by atoms with Crippen LogP contribution in [-0.4, -0.2) is 5.78 Å². The number of nitrogens with two attached hydrogens (primary N) is 1. The van der Waals surface area contributed by atoms with Crippen LogP contribution in [0.15, 0.2) is 42.5 Å². The Hall–Kier alpha value is -2.16. The standard InChI is InChI=1S/C16H16FNO/c1-10-3-5-12(6-4-10)16(11(2)19)13-7-8-15(18)14(17)9-13/h3-9,16H,18H2,1-2H3. The average Bonchev–Trinajstić information content (AvgIpc) is 2.36. The number of carbonyl (C=O) groups excluding carboxylic acids is 1. The largest absolute Gasteiger partial charge is 0.396 e. The van der Waals surface area contributed by atoms with Gasteiger partial charge in [0.15, 0.2) is 0 Å². The van der Waals surface area contributed by atoms with Crippen molar-refractivity contribution in [1.29, 1.82) is 0 Å². The van der Waals surface area contributed by atoms with Gasteiger partial charge in [-0.2, -0.15) is 0 Å². The van der Waals surface area contributed by atoms with E-state index in [-0.39, 0.29) is 11.5 Å². The predicted octanol–water partition coefficient (Wildman–Crippen LogP) is 3.44. The Balaban J connectivity index is 2.48. The van der Waals surface area contributed by atoms with E-state index in [4.69, 9.17) is 5.73 Å². The first-order chi connectivity index (χ1) is 8.99. The number of hydrogen-bond acceptors (Lipinski definition) is 2. The zero-order valence-electron chi connectivity index (χ0n) is 11.0. The topological polar surface area (TPSA) is 43.1 Å². The molecule has 98 valence electrons. The Kier molecular flexibility index (Phi) is 3.65. The van der Waals surface area contributed by atoms with Crippen LogP contribution < -0.4 is 5.73 Å². The van der Waals surface area contributed by atoms with Gasteiger partial charge in [0.25, 0.3) is 0 Å². The highest BCUT2D eigenvalue weighted by Gasteiger charge is 2.19. The molecule has 0 aliphatic rings. The molecule has 0 saturated carbocycles. The van der Waals surface area contributed by atoms with Crippen LogP contribution in [0.1, 0.15) is 29.5 Å². The van der Waals surface area contributed by atoms with Gasteiger partial charge in [-0.05, 0) is 37.1 Å². The summed E-state index contributed by atoms with van der Waals surface area (Å²) in [5, 5.41) is 0. The number of rotatable bonds is 3. The van der Waals surface area contributed by atoms with E-state index in [9.17, 15) is 9.18 Å². The quantitative estimate of drug-likeness (QED) is 0.856. The molecule has 19 heavy (non-hydrogen) atoms. The van der Waals surface area contributed by atoms with E-state index in [1.807, 2.05) is 31.2 Å². The molecule has 1 unspecified atom stereocenters. The van der Waals surface area contributed by atoms with Gasteiger partial charge in [0.05, 0.1) is 11.6 Å². The minimum atomic E-state index is -0.490. The second-order valence-corrected chi connectivity index (χ2v) is 4.74. The lowest BCUT2D eigenvalue weighted by Gasteiger charge is -2.15. The number of carbonyl (C=O) groups is 1. The van der Waals surface area contributed by atoms with E-state index in [0.717, 1.165) is 11.1 Å². The normalized spacial score (nSPS) is 12.2. The second-order valence-electron chi connectivity index (χ2n) is 4.74. The molecule has 0 saturated heterocycles. The lowest BCUT2D eigenvalue weighted by molar-refractivity contribution is -0.117. The molecule has 0 spiro atoms. The van der Waals surface area contributed by atoms with E-state index in [2.05, 4.69) is 0 Å². The Morgan fingerprint density at radius 3 is 2.21 bits per heavy atom. The molecular formula is C16H16FNO. The van der Waals surface area contributed by atoms with Crippen molar-refractivity contribution in [3.05, 3.63) is 65.0 Å². The Morgan fingerprint density at radius 1 is 1.11 bits per heavy atom. The second kappa shape index (κ2) is 5.22. The summed E-state index contributed by atoms with van der Waals surface area (Å²) < 4.78 is 13.5. The zero-order chi connectivity index (χ0) is 14.0. The van der Waals surface area contributed by atoms with Crippen molar-refractivity contribution in [2.45, 2.75) is 19.8 Å². The van der Waals surface area contributed by atoms with Crippen LogP contribution >= 0.6 is 0 Å². The van der Waals surface area contributed by atoms with Crippen LogP contribution in [0.25, 0.3) is 0 Å². The lowest BCUT2D eigenvalue weighted by Crippen LogP contribution is -2.11. The average molecular weight is 257 g/mol. The molecule has 2 nitrogen and oxygen atoms in total. The van der Waals surface area contributed by atoms with E-state index >= 15 is 0 Å². The van der Waals surface area contributed by atoms with Gasteiger partial charge >= 0.3 is 0 Å². The monoisotopic (exact) mass is 257 g/mol. The molecular weight excluding hydrogens is 241 g/mol. The summed E-state index contributed by atoms with van der Waals surface area (Å²) in [6.45, 7) is 3.49. The molecule has 0 heterocycles. The maximum Gasteiger partial charge on any atom is 0.146 e. The summed E-state index contributed by atoms with van der Waals surface area (Å²) >= 11 is 0. The van der Waals surface area contributed by atoms with Crippen LogP contribution in [0.2, 0.25) is 0 Å². The minimum Gasteiger partial charge on any atom is -0.396 e. The molecule has 2 aromatic rings. The predicted molar refractivity (Wildman–Crippen MR) is 74.5 cm³/mol. The van der Waals surface area contributed by atoms with Gasteiger partial charge in [-0.25, -0.2) is 4.39 Å². The summed E-state index contributed by atoms with van der Waals surface area (Å²) in [6, 6.07) is 12.2. The number of aryl methyl sites for hydroxylation is 1. The first kappa shape index (κ1) is 13.3. The maximum absolute atomic E-state index is 13.5. The number of nitrogen functional groups attached to an aromatic ring is 1. The number of halogens is 1. The summed E-state index contributed by atoms with van der Waals surface area (Å²) in [5.41, 5.74) is 8.17. The third-order valence-electron chi connectivity index (χ3n) is 3.18. The molecule has 3 heteroatoms. The molecule has 0 fully saturated rings. The van der Waals surface area contributed by atoms with Crippen LogP contribution in [0.3, 0.4) is 0 Å². The first-order valence-corrected chi connectivity index (χ1v) is 6.11. The number of hydrogen-bond donors (Lipinski definition) is 1. The van der Waals surface area contributed by atoms with Gasteiger partial charge in [-0.15, -0.1) is 0 Å². The highest BCUT2D eigenvalue weighted by molar-refractivity contribution is 5.87. The first-order valence-electron chi connectivity index (χ1n) is 6.11. The molecule has 2 N–H and O–H groups in total. The van der Waals surface area contributed by atoms with Crippen LogP contribution in [0.4, 0.5) is 10.1 Å². The lowest BCUT2D eigenvalue weighted by atomic mass is 9.88. The highest BCUT2D eigenvalue weighted by atomic mass is 19.1. The molecule has 2 aromatic carbocycles. The number of ketones is 1. The highest BCUT2D eigenvalue weighted by Crippen LogP contribution is 2.27. The van der Waals surface area contributed by atoms with Crippen molar-refractivity contribution in [2.24, 2.45) is 0 Å². The summed E-state index contributed by atoms with van der Waals surface area (Å²) in [4.78, 5) is 11.9. The van der Waals surface area contributed by atoms with Crippen molar-refractivity contribution in [1.82, 2.24) is 0 Å². The number of Topliss-reactive ketones (excluding diaryl/α,β-unsaturated/α-hetero) is 1. The number of benzene rings is 2. The fraction of sp³-hybridized carbons (Fsp3) is 0.188. The van der Waals surface area contributed by atoms with Crippen LogP contribution in [0, 0.1) is 12.7 Å². The van der Waals surface area contributed by atoms with Crippen molar-refractivity contribution in [2.75, 3.05) is 5.73 Å². The number of anilines is 1. The Labute approximate surface area is 112 Å². The zero-order valence-corrected chi connectivity index (χ0v) is 11.0. The van der Waals surface area contributed by atoms with Crippen molar-refractivity contribution >= 4 is 11.5 Å². The van der Waals surface area contributed by atoms with Crippen molar-refractivity contribution in [3.63, 3.8) is 0 Å². The van der Waals surface area contributed by atoms with Gasteiger partial charge in [0.2, 0.25) is 0 Å².